The molecule has 6 nitrogen and oxygen atoms in total. The fourth-order valence-electron chi connectivity index (χ4n) is 1.90. The van der Waals surface area contributed by atoms with E-state index in [2.05, 4.69) is 4.98 Å². The van der Waals surface area contributed by atoms with Crippen molar-refractivity contribution in [1.29, 1.82) is 0 Å². The number of likely N-dealkylation sites (N-methyl/N-ethyl adjacent to an activating group) is 1. The molecule has 0 bridgehead atoms. The molecular formula is C11H13ClN4O2. The monoisotopic (exact) mass is 268 g/mol. The third-order valence-electron chi connectivity index (χ3n) is 2.80. The molecule has 0 radical (unpaired) electrons. The van der Waals surface area contributed by atoms with Crippen LogP contribution < -0.4 is 0 Å². The van der Waals surface area contributed by atoms with E-state index in [1.165, 1.54) is 0 Å². The summed E-state index contributed by atoms with van der Waals surface area (Å²) < 4.78 is 0. The second-order valence-electron chi connectivity index (χ2n) is 4.10. The molecule has 7 heteroatoms. The van der Waals surface area contributed by atoms with Gasteiger partial charge in [-0.1, -0.05) is 17.7 Å². The van der Waals surface area contributed by atoms with Crippen molar-refractivity contribution >= 4 is 11.6 Å². The largest absolute Gasteiger partial charge is 0.354 e. The first-order valence-corrected chi connectivity index (χ1v) is 5.86. The summed E-state index contributed by atoms with van der Waals surface area (Å²) in [6.07, 6.45) is 2.72. The van der Waals surface area contributed by atoms with Crippen molar-refractivity contribution in [1.82, 2.24) is 14.8 Å². The minimum atomic E-state index is -0.426. The molecule has 0 unspecified atom stereocenters. The van der Waals surface area contributed by atoms with Crippen LogP contribution in [0.25, 0.3) is 0 Å². The molecule has 0 atom stereocenters. The van der Waals surface area contributed by atoms with E-state index in [-0.39, 0.29) is 0 Å². The Hall–Kier alpha value is -1.82. The fraction of sp³-hybridized carbons (Fsp3) is 0.364. The van der Waals surface area contributed by atoms with E-state index < -0.39 is 4.92 Å². The normalized spacial score (nSPS) is 17.6. The molecule has 1 aromatic rings. The lowest BCUT2D eigenvalue weighted by atomic mass is 10.2. The van der Waals surface area contributed by atoms with Crippen molar-refractivity contribution in [2.24, 2.45) is 0 Å². The summed E-state index contributed by atoms with van der Waals surface area (Å²) in [5.41, 5.74) is 0.976. The number of halogens is 1. The highest BCUT2D eigenvalue weighted by molar-refractivity contribution is 6.29. The number of nitrogens with zero attached hydrogens (tertiary/aromatic N) is 4. The van der Waals surface area contributed by atoms with Gasteiger partial charge in [-0.05, 0) is 11.6 Å². The molecular weight excluding hydrogens is 256 g/mol. The molecule has 0 aromatic carbocycles. The molecule has 0 N–H and O–H groups in total. The standard InChI is InChI=1S/C11H13ClN4O2/c1-14-4-5-15(11(14)8-16(17)18)7-9-2-3-10(12)13-6-9/h2-3,6,8H,4-5,7H2,1H3/b11-8+. The summed E-state index contributed by atoms with van der Waals surface area (Å²) >= 11 is 5.72. The quantitative estimate of drug-likeness (QED) is 0.473. The van der Waals surface area contributed by atoms with E-state index in [1.54, 1.807) is 12.3 Å². The molecule has 2 heterocycles. The van der Waals surface area contributed by atoms with E-state index in [0.717, 1.165) is 24.9 Å². The van der Waals surface area contributed by atoms with Crippen molar-refractivity contribution in [3.63, 3.8) is 0 Å². The van der Waals surface area contributed by atoms with Gasteiger partial charge in [-0.25, -0.2) is 4.98 Å². The second kappa shape index (κ2) is 5.22. The van der Waals surface area contributed by atoms with Gasteiger partial charge in [-0.15, -0.1) is 0 Å². The third-order valence-corrected chi connectivity index (χ3v) is 3.03. The number of rotatable bonds is 3. The molecule has 1 fully saturated rings. The maximum Gasteiger partial charge on any atom is 0.274 e. The lowest BCUT2D eigenvalue weighted by Crippen LogP contribution is -2.21. The number of hydrogen-bond acceptors (Lipinski definition) is 5. The minimum absolute atomic E-state index is 0.426. The molecule has 0 saturated carbocycles. The van der Waals surface area contributed by atoms with Crippen LogP contribution in [0.2, 0.25) is 5.15 Å². The Bertz CT molecular complexity index is 474. The lowest BCUT2D eigenvalue weighted by Gasteiger charge is -2.19. The van der Waals surface area contributed by atoms with Gasteiger partial charge in [0.2, 0.25) is 0 Å². The summed E-state index contributed by atoms with van der Waals surface area (Å²) in [5, 5.41) is 11.0. The van der Waals surface area contributed by atoms with Gasteiger partial charge in [0.15, 0.2) is 5.82 Å². The van der Waals surface area contributed by atoms with Crippen LogP contribution in [0.1, 0.15) is 5.56 Å². The zero-order valence-corrected chi connectivity index (χ0v) is 10.7. The average Bonchev–Trinajstić information content (AvgIpc) is 2.64. The highest BCUT2D eigenvalue weighted by Gasteiger charge is 2.24. The van der Waals surface area contributed by atoms with E-state index in [9.17, 15) is 10.1 Å². The molecule has 0 aliphatic carbocycles. The van der Waals surface area contributed by atoms with Crippen molar-refractivity contribution in [2.75, 3.05) is 20.1 Å². The molecule has 96 valence electrons. The second-order valence-corrected chi connectivity index (χ2v) is 4.49. The molecule has 0 spiro atoms. The van der Waals surface area contributed by atoms with Gasteiger partial charge in [0.25, 0.3) is 6.20 Å². The summed E-state index contributed by atoms with van der Waals surface area (Å²) in [5.74, 6) is 0.620. The predicted molar refractivity (Wildman–Crippen MR) is 67.4 cm³/mol. The van der Waals surface area contributed by atoms with Crippen molar-refractivity contribution < 1.29 is 4.92 Å². The smallest absolute Gasteiger partial charge is 0.274 e. The van der Waals surface area contributed by atoms with Crippen molar-refractivity contribution in [2.45, 2.75) is 6.54 Å². The highest BCUT2D eigenvalue weighted by atomic mass is 35.5. The Morgan fingerprint density at radius 1 is 1.56 bits per heavy atom. The molecule has 1 aromatic heterocycles. The van der Waals surface area contributed by atoms with Gasteiger partial charge in [-0.3, -0.25) is 10.1 Å². The van der Waals surface area contributed by atoms with Crippen LogP contribution in [-0.2, 0) is 6.54 Å². The summed E-state index contributed by atoms with van der Waals surface area (Å²) in [6.45, 7) is 2.13. The first kappa shape index (κ1) is 12.6. The Kier molecular flexibility index (Phi) is 3.66. The number of aromatic nitrogens is 1. The molecule has 1 aliphatic rings. The first-order valence-electron chi connectivity index (χ1n) is 5.48. The summed E-state index contributed by atoms with van der Waals surface area (Å²) in [6, 6.07) is 3.59. The van der Waals surface area contributed by atoms with E-state index in [4.69, 9.17) is 11.6 Å². The zero-order valence-electron chi connectivity index (χ0n) is 9.91. The van der Waals surface area contributed by atoms with Gasteiger partial charge < -0.3 is 9.80 Å². The van der Waals surface area contributed by atoms with E-state index in [0.29, 0.717) is 17.5 Å². The maximum absolute atomic E-state index is 10.6. The number of hydrogen-bond donors (Lipinski definition) is 0. The topological polar surface area (TPSA) is 62.5 Å². The molecule has 0 amide bonds. The Labute approximate surface area is 110 Å². The predicted octanol–water partition coefficient (Wildman–Crippen LogP) is 1.56. The van der Waals surface area contributed by atoms with Gasteiger partial charge >= 0.3 is 0 Å². The Morgan fingerprint density at radius 2 is 2.33 bits per heavy atom. The molecule has 1 aliphatic heterocycles. The van der Waals surface area contributed by atoms with E-state index >= 15 is 0 Å². The van der Waals surface area contributed by atoms with Crippen LogP contribution in [0.3, 0.4) is 0 Å². The van der Waals surface area contributed by atoms with Crippen LogP contribution in [0.4, 0.5) is 0 Å². The Balaban J connectivity index is 2.13. The van der Waals surface area contributed by atoms with Crippen LogP contribution in [0.15, 0.2) is 30.4 Å². The van der Waals surface area contributed by atoms with Gasteiger partial charge in [0.05, 0.1) is 4.92 Å². The van der Waals surface area contributed by atoms with Crippen LogP contribution >= 0.6 is 11.6 Å². The first-order chi connectivity index (χ1) is 8.56. The van der Waals surface area contributed by atoms with E-state index in [1.807, 2.05) is 22.9 Å². The molecule has 2 rings (SSSR count). The van der Waals surface area contributed by atoms with Crippen LogP contribution in [0.5, 0.6) is 0 Å². The summed E-state index contributed by atoms with van der Waals surface area (Å²) in [7, 11) is 1.84. The van der Waals surface area contributed by atoms with Gasteiger partial charge in [0, 0.05) is 32.9 Å². The SMILES string of the molecule is CN1CCN(Cc2ccc(Cl)nc2)/C1=C/[N+](=O)[O-]. The van der Waals surface area contributed by atoms with Crippen molar-refractivity contribution in [3.05, 3.63) is 51.2 Å². The Morgan fingerprint density at radius 3 is 2.94 bits per heavy atom. The number of nitro groups is 1. The van der Waals surface area contributed by atoms with Crippen LogP contribution in [-0.4, -0.2) is 39.8 Å². The third kappa shape index (κ3) is 2.89. The zero-order chi connectivity index (χ0) is 13.1. The average molecular weight is 269 g/mol. The molecule has 18 heavy (non-hydrogen) atoms. The maximum atomic E-state index is 10.6. The molecule has 1 saturated heterocycles. The van der Waals surface area contributed by atoms with Crippen LogP contribution in [0, 0.1) is 10.1 Å². The van der Waals surface area contributed by atoms with Gasteiger partial charge in [-0.2, -0.15) is 0 Å². The lowest BCUT2D eigenvalue weighted by molar-refractivity contribution is -0.405. The van der Waals surface area contributed by atoms with Gasteiger partial charge in [0.1, 0.15) is 5.15 Å². The highest BCUT2D eigenvalue weighted by Crippen LogP contribution is 2.19. The summed E-state index contributed by atoms with van der Waals surface area (Å²) in [4.78, 5) is 18.0. The van der Waals surface area contributed by atoms with Crippen molar-refractivity contribution in [3.8, 4) is 0 Å². The fourth-order valence-corrected chi connectivity index (χ4v) is 2.01. The minimum Gasteiger partial charge on any atom is -0.354 e. The number of pyridine rings is 1.